The van der Waals surface area contributed by atoms with Crippen LogP contribution >= 0.6 is 11.8 Å². The van der Waals surface area contributed by atoms with Crippen molar-refractivity contribution < 1.29 is 13.6 Å². The minimum absolute atomic E-state index is 0.0792. The Morgan fingerprint density at radius 2 is 1.71 bits per heavy atom. The van der Waals surface area contributed by atoms with Gasteiger partial charge in [0, 0.05) is 24.4 Å². The first-order valence-corrected chi connectivity index (χ1v) is 12.0. The summed E-state index contributed by atoms with van der Waals surface area (Å²) >= 11 is 1.20. The lowest BCUT2D eigenvalue weighted by Crippen LogP contribution is -2.28. The van der Waals surface area contributed by atoms with Gasteiger partial charge in [0.25, 0.3) is 11.5 Å². The topological polar surface area (TPSA) is 55.2 Å². The molecular formula is C26H21F2N3O2S. The Morgan fingerprint density at radius 1 is 0.971 bits per heavy atom. The van der Waals surface area contributed by atoms with E-state index >= 15 is 0 Å². The molecule has 0 unspecified atom stereocenters. The van der Waals surface area contributed by atoms with Crippen molar-refractivity contribution in [1.82, 2.24) is 14.5 Å². The van der Waals surface area contributed by atoms with Crippen molar-refractivity contribution in [3.63, 3.8) is 0 Å². The summed E-state index contributed by atoms with van der Waals surface area (Å²) in [5.74, 6) is -0.594. The van der Waals surface area contributed by atoms with Crippen molar-refractivity contribution in [2.24, 2.45) is 0 Å². The van der Waals surface area contributed by atoms with Crippen LogP contribution in [0.3, 0.4) is 0 Å². The highest BCUT2D eigenvalue weighted by atomic mass is 32.2. The van der Waals surface area contributed by atoms with E-state index in [1.807, 2.05) is 0 Å². The number of carbonyl (C=O) groups excluding carboxylic acids is 1. The highest BCUT2D eigenvalue weighted by Gasteiger charge is 2.21. The lowest BCUT2D eigenvalue weighted by Gasteiger charge is -2.16. The number of fused-ring (bicyclic) bond motifs is 1. The van der Waals surface area contributed by atoms with Gasteiger partial charge in [-0.2, -0.15) is 0 Å². The molecule has 1 amide bonds. The second-order valence-corrected chi connectivity index (χ2v) is 9.07. The lowest BCUT2D eigenvalue weighted by atomic mass is 10.1. The molecule has 4 aromatic rings. The maximum atomic E-state index is 14.2. The van der Waals surface area contributed by atoms with Gasteiger partial charge >= 0.3 is 0 Å². The molecule has 1 fully saturated rings. The van der Waals surface area contributed by atoms with Gasteiger partial charge in [-0.3, -0.25) is 14.2 Å². The standard InChI is InChI=1S/C26H21F2N3O2S/c27-19-8-10-20(11-9-19)31-25(33)21-12-7-17(24(32)30-13-3-4-14-30)15-23(21)29-26(31)34-16-18-5-1-2-6-22(18)28/h1-2,5-12,15H,3-4,13-14,16H2. The second kappa shape index (κ2) is 9.38. The fourth-order valence-corrected chi connectivity index (χ4v) is 5.07. The molecule has 0 saturated carbocycles. The summed E-state index contributed by atoms with van der Waals surface area (Å²) in [6, 6.07) is 16.9. The Morgan fingerprint density at radius 3 is 2.44 bits per heavy atom. The molecule has 5 rings (SSSR count). The van der Waals surface area contributed by atoms with Crippen molar-refractivity contribution in [2.45, 2.75) is 23.8 Å². The minimum atomic E-state index is -0.420. The van der Waals surface area contributed by atoms with Crippen LogP contribution in [0.4, 0.5) is 8.78 Å². The van der Waals surface area contributed by atoms with Crippen molar-refractivity contribution in [1.29, 1.82) is 0 Å². The number of aromatic nitrogens is 2. The molecule has 1 aliphatic rings. The van der Waals surface area contributed by atoms with Crippen LogP contribution < -0.4 is 5.56 Å². The fraction of sp³-hybridized carbons (Fsp3) is 0.192. The predicted molar refractivity (Wildman–Crippen MR) is 128 cm³/mol. The Labute approximate surface area is 199 Å². The molecule has 3 aromatic carbocycles. The molecule has 0 bridgehead atoms. The molecule has 5 nitrogen and oxygen atoms in total. The predicted octanol–water partition coefficient (Wildman–Crippen LogP) is 5.19. The van der Waals surface area contributed by atoms with Crippen LogP contribution in [-0.2, 0) is 5.75 Å². The van der Waals surface area contributed by atoms with Crippen LogP contribution in [0.25, 0.3) is 16.6 Å². The van der Waals surface area contributed by atoms with E-state index in [1.165, 1.54) is 46.7 Å². The minimum Gasteiger partial charge on any atom is -0.339 e. The van der Waals surface area contributed by atoms with Crippen molar-refractivity contribution >= 4 is 28.6 Å². The zero-order valence-electron chi connectivity index (χ0n) is 18.2. The van der Waals surface area contributed by atoms with E-state index in [1.54, 1.807) is 41.3 Å². The Balaban J connectivity index is 1.61. The number of thioether (sulfide) groups is 1. The van der Waals surface area contributed by atoms with Gasteiger partial charge in [-0.05, 0) is 66.9 Å². The average molecular weight is 478 g/mol. The number of hydrogen-bond donors (Lipinski definition) is 0. The Hall–Kier alpha value is -3.52. The number of carbonyl (C=O) groups is 1. The van der Waals surface area contributed by atoms with Gasteiger partial charge in [0.1, 0.15) is 11.6 Å². The second-order valence-electron chi connectivity index (χ2n) is 8.12. The SMILES string of the molecule is O=C(c1ccc2c(=O)n(-c3ccc(F)cc3)c(SCc3ccccc3F)nc2c1)N1CCCC1. The van der Waals surface area contributed by atoms with Crippen LogP contribution in [0, 0.1) is 11.6 Å². The van der Waals surface area contributed by atoms with Crippen LogP contribution in [0.1, 0.15) is 28.8 Å². The van der Waals surface area contributed by atoms with Gasteiger partial charge in [-0.1, -0.05) is 30.0 Å². The van der Waals surface area contributed by atoms with Crippen molar-refractivity contribution in [2.75, 3.05) is 13.1 Å². The highest BCUT2D eigenvalue weighted by molar-refractivity contribution is 7.98. The molecule has 0 radical (unpaired) electrons. The van der Waals surface area contributed by atoms with Crippen LogP contribution in [0.2, 0.25) is 0 Å². The largest absolute Gasteiger partial charge is 0.339 e. The number of amides is 1. The van der Waals surface area contributed by atoms with Gasteiger partial charge in [0.2, 0.25) is 0 Å². The molecule has 0 N–H and O–H groups in total. The molecule has 1 aliphatic heterocycles. The third kappa shape index (κ3) is 4.33. The molecule has 1 saturated heterocycles. The third-order valence-electron chi connectivity index (χ3n) is 5.88. The first-order valence-electron chi connectivity index (χ1n) is 11.0. The normalized spacial score (nSPS) is 13.5. The van der Waals surface area contributed by atoms with E-state index in [0.717, 1.165) is 25.9 Å². The van der Waals surface area contributed by atoms with Gasteiger partial charge < -0.3 is 4.90 Å². The van der Waals surface area contributed by atoms with Gasteiger partial charge in [0.15, 0.2) is 5.16 Å². The summed E-state index contributed by atoms with van der Waals surface area (Å²) in [5, 5.41) is 0.677. The maximum absolute atomic E-state index is 14.2. The molecule has 2 heterocycles. The van der Waals surface area contributed by atoms with E-state index in [4.69, 9.17) is 0 Å². The van der Waals surface area contributed by atoms with E-state index in [0.29, 0.717) is 32.9 Å². The third-order valence-corrected chi connectivity index (χ3v) is 6.87. The summed E-state index contributed by atoms with van der Waals surface area (Å²) in [6.45, 7) is 1.44. The molecule has 172 valence electrons. The average Bonchev–Trinajstić information content (AvgIpc) is 3.39. The zero-order valence-corrected chi connectivity index (χ0v) is 19.0. The van der Waals surface area contributed by atoms with Crippen LogP contribution in [0.5, 0.6) is 0 Å². The van der Waals surface area contributed by atoms with Gasteiger partial charge in [0.05, 0.1) is 16.6 Å². The van der Waals surface area contributed by atoms with Crippen molar-refractivity contribution in [3.8, 4) is 5.69 Å². The molecule has 34 heavy (non-hydrogen) atoms. The van der Waals surface area contributed by atoms with E-state index in [9.17, 15) is 18.4 Å². The van der Waals surface area contributed by atoms with Crippen LogP contribution in [0.15, 0.2) is 76.7 Å². The summed E-state index contributed by atoms with van der Waals surface area (Å²) in [5.41, 5.74) is 1.46. The number of nitrogens with zero attached hydrogens (tertiary/aromatic N) is 3. The first kappa shape index (κ1) is 22.3. The zero-order chi connectivity index (χ0) is 23.7. The van der Waals surface area contributed by atoms with Crippen molar-refractivity contribution in [3.05, 3.63) is 99.8 Å². The molecule has 1 aromatic heterocycles. The smallest absolute Gasteiger partial charge is 0.266 e. The summed E-state index contributed by atoms with van der Waals surface area (Å²) in [7, 11) is 0. The molecule has 0 spiro atoms. The number of benzene rings is 3. The van der Waals surface area contributed by atoms with E-state index in [2.05, 4.69) is 4.98 Å². The summed E-state index contributed by atoms with van der Waals surface area (Å²) in [4.78, 5) is 32.8. The molecular weight excluding hydrogens is 456 g/mol. The number of rotatable bonds is 5. The lowest BCUT2D eigenvalue weighted by molar-refractivity contribution is 0.0793. The van der Waals surface area contributed by atoms with Crippen LogP contribution in [-0.4, -0.2) is 33.4 Å². The van der Waals surface area contributed by atoms with Gasteiger partial charge in [-0.15, -0.1) is 0 Å². The maximum Gasteiger partial charge on any atom is 0.266 e. The first-order chi connectivity index (χ1) is 16.5. The van der Waals surface area contributed by atoms with E-state index in [-0.39, 0.29) is 23.0 Å². The monoisotopic (exact) mass is 477 g/mol. The molecule has 0 atom stereocenters. The fourth-order valence-electron chi connectivity index (χ4n) is 4.07. The highest BCUT2D eigenvalue weighted by Crippen LogP contribution is 2.26. The molecule has 8 heteroatoms. The Kier molecular flexibility index (Phi) is 6.15. The van der Waals surface area contributed by atoms with Gasteiger partial charge in [-0.25, -0.2) is 13.8 Å². The molecule has 0 aliphatic carbocycles. The summed E-state index contributed by atoms with van der Waals surface area (Å²) in [6.07, 6.45) is 1.97. The number of hydrogen-bond acceptors (Lipinski definition) is 4. The summed E-state index contributed by atoms with van der Waals surface area (Å²) < 4.78 is 29.1. The quantitative estimate of drug-likeness (QED) is 0.293. The Bertz CT molecular complexity index is 1430. The number of halogens is 2. The number of likely N-dealkylation sites (tertiary alicyclic amines) is 1. The van der Waals surface area contributed by atoms with E-state index < -0.39 is 5.82 Å².